The van der Waals surface area contributed by atoms with Gasteiger partial charge in [-0.15, -0.1) is 0 Å². The summed E-state index contributed by atoms with van der Waals surface area (Å²) in [5, 5.41) is 0. The van der Waals surface area contributed by atoms with Crippen molar-refractivity contribution >= 4 is 0 Å². The Hall–Kier alpha value is -0.120. The molecule has 2 fully saturated rings. The molecular formula is C20H39NO2. The third kappa shape index (κ3) is 7.53. The minimum Gasteiger partial charge on any atom is -0.376 e. The monoisotopic (exact) mass is 325 g/mol. The lowest BCUT2D eigenvalue weighted by molar-refractivity contribution is -0.0278. The number of likely N-dealkylation sites (tertiary alicyclic amines) is 1. The van der Waals surface area contributed by atoms with Crippen LogP contribution in [-0.4, -0.2) is 49.0 Å². The van der Waals surface area contributed by atoms with Crippen LogP contribution in [0.3, 0.4) is 0 Å². The maximum atomic E-state index is 5.96. The van der Waals surface area contributed by atoms with Crippen LogP contribution in [0.4, 0.5) is 0 Å². The van der Waals surface area contributed by atoms with Crippen LogP contribution in [0.1, 0.15) is 79.1 Å². The van der Waals surface area contributed by atoms with E-state index in [1.165, 1.54) is 71.0 Å². The van der Waals surface area contributed by atoms with Crippen LogP contribution in [0, 0.1) is 5.92 Å². The Morgan fingerprint density at radius 3 is 1.83 bits per heavy atom. The zero-order valence-corrected chi connectivity index (χ0v) is 15.9. The van der Waals surface area contributed by atoms with Crippen molar-refractivity contribution in [2.45, 2.75) is 103 Å². The van der Waals surface area contributed by atoms with Crippen LogP contribution < -0.4 is 0 Å². The summed E-state index contributed by atoms with van der Waals surface area (Å²) < 4.78 is 11.9. The second kappa shape index (κ2) is 10.0. The van der Waals surface area contributed by atoms with Crippen LogP contribution in [0.5, 0.6) is 0 Å². The van der Waals surface area contributed by atoms with Crippen LogP contribution in [0.15, 0.2) is 0 Å². The highest BCUT2D eigenvalue weighted by molar-refractivity contribution is 4.76. The number of nitrogens with zero attached hydrogens (tertiary/aromatic N) is 1. The highest BCUT2D eigenvalue weighted by atomic mass is 16.5. The van der Waals surface area contributed by atoms with Gasteiger partial charge in [-0.25, -0.2) is 0 Å². The maximum Gasteiger partial charge on any atom is 0.0603 e. The molecule has 1 saturated heterocycles. The molecule has 0 aromatic rings. The van der Waals surface area contributed by atoms with Crippen molar-refractivity contribution in [2.75, 3.05) is 19.6 Å². The van der Waals surface area contributed by atoms with E-state index in [2.05, 4.69) is 32.6 Å². The molecule has 136 valence electrons. The van der Waals surface area contributed by atoms with E-state index in [9.17, 15) is 0 Å². The third-order valence-electron chi connectivity index (χ3n) is 5.34. The fourth-order valence-corrected chi connectivity index (χ4v) is 4.20. The van der Waals surface area contributed by atoms with Crippen molar-refractivity contribution in [1.29, 1.82) is 0 Å². The zero-order chi connectivity index (χ0) is 16.7. The van der Waals surface area contributed by atoms with Gasteiger partial charge in [0.1, 0.15) is 0 Å². The highest BCUT2D eigenvalue weighted by Crippen LogP contribution is 2.30. The Morgan fingerprint density at radius 2 is 1.30 bits per heavy atom. The third-order valence-corrected chi connectivity index (χ3v) is 5.34. The van der Waals surface area contributed by atoms with Gasteiger partial charge in [0.2, 0.25) is 0 Å². The van der Waals surface area contributed by atoms with E-state index in [4.69, 9.17) is 9.47 Å². The van der Waals surface area contributed by atoms with Gasteiger partial charge in [0, 0.05) is 13.1 Å². The van der Waals surface area contributed by atoms with Crippen molar-refractivity contribution in [3.63, 3.8) is 0 Å². The predicted octanol–water partition coefficient (Wildman–Crippen LogP) is 4.64. The zero-order valence-electron chi connectivity index (χ0n) is 15.9. The van der Waals surface area contributed by atoms with Crippen molar-refractivity contribution in [2.24, 2.45) is 5.92 Å². The Balaban J connectivity index is 1.52. The van der Waals surface area contributed by atoms with Gasteiger partial charge in [0.25, 0.3) is 0 Å². The molecule has 0 amide bonds. The predicted molar refractivity (Wildman–Crippen MR) is 96.9 cm³/mol. The Labute approximate surface area is 144 Å². The average Bonchev–Trinajstić information content (AvgIpc) is 2.50. The summed E-state index contributed by atoms with van der Waals surface area (Å²) in [4.78, 5) is 2.65. The van der Waals surface area contributed by atoms with Gasteiger partial charge in [-0.3, -0.25) is 0 Å². The van der Waals surface area contributed by atoms with Gasteiger partial charge < -0.3 is 14.4 Å². The van der Waals surface area contributed by atoms with E-state index in [1.54, 1.807) is 0 Å². The number of hydrogen-bond acceptors (Lipinski definition) is 3. The summed E-state index contributed by atoms with van der Waals surface area (Å²) in [6.45, 7) is 12.3. The molecule has 1 aliphatic carbocycles. The lowest BCUT2D eigenvalue weighted by Gasteiger charge is -2.33. The molecule has 1 aliphatic heterocycles. The minimum absolute atomic E-state index is 0.376. The number of rotatable bonds is 8. The number of piperidine rings is 1. The van der Waals surface area contributed by atoms with Crippen molar-refractivity contribution < 1.29 is 9.47 Å². The molecule has 0 aromatic carbocycles. The van der Waals surface area contributed by atoms with Gasteiger partial charge in [-0.1, -0.05) is 0 Å². The SMILES string of the molecule is CC(C)OC1CCN(CCC[C@H]2CC[C@H](OC(C)C)CC2)CC1. The molecule has 2 rings (SSSR count). The molecule has 0 unspecified atom stereocenters. The maximum absolute atomic E-state index is 5.96. The molecule has 23 heavy (non-hydrogen) atoms. The Bertz CT molecular complexity index is 273. The van der Waals surface area contributed by atoms with E-state index < -0.39 is 0 Å². The van der Waals surface area contributed by atoms with Crippen molar-refractivity contribution in [3.8, 4) is 0 Å². The molecular weight excluding hydrogens is 286 g/mol. The summed E-state index contributed by atoms with van der Waals surface area (Å²) in [5.74, 6) is 0.948. The molecule has 0 N–H and O–H groups in total. The number of hydrogen-bond donors (Lipinski definition) is 0. The summed E-state index contributed by atoms with van der Waals surface area (Å²) in [5.41, 5.74) is 0. The highest BCUT2D eigenvalue weighted by Gasteiger charge is 2.23. The summed E-state index contributed by atoms with van der Waals surface area (Å²) in [7, 11) is 0. The second-order valence-electron chi connectivity index (χ2n) is 8.20. The normalized spacial score (nSPS) is 27.9. The van der Waals surface area contributed by atoms with E-state index in [-0.39, 0.29) is 0 Å². The summed E-state index contributed by atoms with van der Waals surface area (Å²) >= 11 is 0. The van der Waals surface area contributed by atoms with E-state index in [1.807, 2.05) is 0 Å². The minimum atomic E-state index is 0.376. The van der Waals surface area contributed by atoms with E-state index in [0.29, 0.717) is 24.4 Å². The van der Waals surface area contributed by atoms with E-state index in [0.717, 1.165) is 5.92 Å². The molecule has 3 nitrogen and oxygen atoms in total. The molecule has 0 aromatic heterocycles. The van der Waals surface area contributed by atoms with Crippen molar-refractivity contribution in [1.82, 2.24) is 4.90 Å². The largest absolute Gasteiger partial charge is 0.376 e. The first-order valence-corrected chi connectivity index (χ1v) is 10.1. The van der Waals surface area contributed by atoms with Crippen LogP contribution in [0.25, 0.3) is 0 Å². The first-order valence-electron chi connectivity index (χ1n) is 10.1. The van der Waals surface area contributed by atoms with Gasteiger partial charge in [0.05, 0.1) is 24.4 Å². The number of ether oxygens (including phenoxy) is 2. The van der Waals surface area contributed by atoms with Gasteiger partial charge >= 0.3 is 0 Å². The second-order valence-corrected chi connectivity index (χ2v) is 8.20. The summed E-state index contributed by atoms with van der Waals surface area (Å²) in [6.07, 6.45) is 12.3. The fourth-order valence-electron chi connectivity index (χ4n) is 4.20. The van der Waals surface area contributed by atoms with Crippen LogP contribution in [-0.2, 0) is 9.47 Å². The molecule has 3 heteroatoms. The first kappa shape index (κ1) is 19.2. The summed E-state index contributed by atoms with van der Waals surface area (Å²) in [6, 6.07) is 0. The fraction of sp³-hybridized carbons (Fsp3) is 1.00. The Kier molecular flexibility index (Phi) is 8.35. The topological polar surface area (TPSA) is 21.7 Å². The van der Waals surface area contributed by atoms with Gasteiger partial charge in [0.15, 0.2) is 0 Å². The molecule has 2 aliphatic rings. The molecule has 1 heterocycles. The van der Waals surface area contributed by atoms with Crippen LogP contribution in [0.2, 0.25) is 0 Å². The smallest absolute Gasteiger partial charge is 0.0603 e. The molecule has 1 saturated carbocycles. The lowest BCUT2D eigenvalue weighted by Crippen LogP contribution is -2.38. The average molecular weight is 326 g/mol. The van der Waals surface area contributed by atoms with Gasteiger partial charge in [-0.2, -0.15) is 0 Å². The lowest BCUT2D eigenvalue weighted by atomic mass is 9.84. The van der Waals surface area contributed by atoms with Crippen molar-refractivity contribution in [3.05, 3.63) is 0 Å². The molecule has 0 spiro atoms. The molecule has 0 atom stereocenters. The van der Waals surface area contributed by atoms with Crippen LogP contribution >= 0.6 is 0 Å². The van der Waals surface area contributed by atoms with E-state index >= 15 is 0 Å². The van der Waals surface area contributed by atoms with Gasteiger partial charge in [-0.05, 0) is 91.5 Å². The first-order chi connectivity index (χ1) is 11.0. The standard InChI is InChI=1S/C20H39NO2/c1-16(2)22-19-9-7-18(8-10-19)6-5-13-21-14-11-20(12-15-21)23-17(3)4/h16-20H,5-15H2,1-4H3/t18-,19-. The molecule has 0 bridgehead atoms. The Morgan fingerprint density at radius 1 is 0.783 bits per heavy atom. The molecule has 0 radical (unpaired) electrons. The quantitative estimate of drug-likeness (QED) is 0.649.